The third-order valence-electron chi connectivity index (χ3n) is 6.33. The topological polar surface area (TPSA) is 78.9 Å². The average Bonchev–Trinajstić information content (AvgIpc) is 2.75. The van der Waals surface area contributed by atoms with E-state index < -0.39 is 27.0 Å². The maximum atomic E-state index is 14.5. The van der Waals surface area contributed by atoms with Gasteiger partial charge in [0.05, 0.1) is 0 Å². The van der Waals surface area contributed by atoms with E-state index in [1.54, 1.807) is 0 Å². The Balaban J connectivity index is 2.61. The number of rotatable bonds is 11. The first kappa shape index (κ1) is 28.3. The van der Waals surface area contributed by atoms with Crippen LogP contribution in [0.15, 0.2) is 24.3 Å². The summed E-state index contributed by atoms with van der Waals surface area (Å²) in [6.45, 7) is 11.2. The highest BCUT2D eigenvalue weighted by Crippen LogP contribution is 2.54. The van der Waals surface area contributed by atoms with Gasteiger partial charge in [-0.2, -0.15) is 0 Å². The van der Waals surface area contributed by atoms with Crippen molar-refractivity contribution in [2.45, 2.75) is 54.0 Å². The highest BCUT2D eigenvalue weighted by atomic mass is 31.2. The quantitative estimate of drug-likeness (QED) is 0.270. The molecule has 0 bridgehead atoms. The van der Waals surface area contributed by atoms with Gasteiger partial charge in [-0.05, 0) is 70.2 Å². The van der Waals surface area contributed by atoms with Gasteiger partial charge in [-0.15, -0.1) is 0 Å². The van der Waals surface area contributed by atoms with Crippen molar-refractivity contribution in [2.75, 3.05) is 27.5 Å². The lowest BCUT2D eigenvalue weighted by Gasteiger charge is -2.25. The summed E-state index contributed by atoms with van der Waals surface area (Å²) in [5, 5.41) is 0. The van der Waals surface area contributed by atoms with Crippen LogP contribution in [0.1, 0.15) is 60.5 Å². The van der Waals surface area contributed by atoms with Crippen LogP contribution >= 0.6 is 7.14 Å². The van der Waals surface area contributed by atoms with Gasteiger partial charge in [0.15, 0.2) is 0 Å². The lowest BCUT2D eigenvalue weighted by atomic mass is 10.0. The minimum absolute atomic E-state index is 0.0744. The molecule has 2 rings (SSSR count). The zero-order chi connectivity index (χ0) is 25.8. The molecule has 6 nitrogen and oxygen atoms in total. The van der Waals surface area contributed by atoms with Crippen LogP contribution in [0.5, 0.6) is 0 Å². The predicted molar refractivity (Wildman–Crippen MR) is 139 cm³/mol. The van der Waals surface area contributed by atoms with Gasteiger partial charge in [-0.3, -0.25) is 9.59 Å². The van der Waals surface area contributed by atoms with Crippen LogP contribution in [0, 0.1) is 41.5 Å². The molecular formula is C26H37O6PSi. The summed E-state index contributed by atoms with van der Waals surface area (Å²) in [6, 6.07) is 7.89. The second-order valence-electron chi connectivity index (χ2n) is 9.02. The number of benzene rings is 2. The average molecular weight is 505 g/mol. The van der Waals surface area contributed by atoms with Crippen LogP contribution in [0.3, 0.4) is 0 Å². The molecule has 0 saturated heterocycles. The Kier molecular flexibility index (Phi) is 9.36. The van der Waals surface area contributed by atoms with Gasteiger partial charge >= 0.3 is 8.80 Å². The molecule has 8 heteroatoms. The molecule has 186 valence electrons. The van der Waals surface area contributed by atoms with Crippen LogP contribution < -0.4 is 0 Å². The van der Waals surface area contributed by atoms with E-state index in [-0.39, 0.29) is 6.16 Å². The summed E-state index contributed by atoms with van der Waals surface area (Å²) in [7, 11) is -2.45. The minimum atomic E-state index is -4.02. The van der Waals surface area contributed by atoms with Crippen molar-refractivity contribution in [3.05, 3.63) is 68.8 Å². The summed E-state index contributed by atoms with van der Waals surface area (Å²) in [4.78, 5) is 27.8. The van der Waals surface area contributed by atoms with E-state index in [0.717, 1.165) is 33.4 Å². The molecule has 0 heterocycles. The number of aryl methyl sites for hydroxylation is 6. The Labute approximate surface area is 204 Å². The van der Waals surface area contributed by atoms with Crippen LogP contribution in [0.2, 0.25) is 6.04 Å². The fourth-order valence-electron chi connectivity index (χ4n) is 4.77. The van der Waals surface area contributed by atoms with Crippen molar-refractivity contribution >= 4 is 27.0 Å². The molecule has 0 unspecified atom stereocenters. The second kappa shape index (κ2) is 11.2. The predicted octanol–water partition coefficient (Wildman–Crippen LogP) is 6.15. The Morgan fingerprint density at radius 2 is 1.03 bits per heavy atom. The van der Waals surface area contributed by atoms with Gasteiger partial charge in [-0.25, -0.2) is 0 Å². The molecule has 0 atom stereocenters. The molecule has 0 aliphatic carbocycles. The SMILES string of the molecule is CO[Si](CCCP(=O)(C(=O)c1c(C)cc(C)cc1C)C(=O)c1c(C)cc(C)cc1C)(OC)OC. The Hall–Kier alpha value is -1.89. The van der Waals surface area contributed by atoms with Crippen LogP contribution in [0.25, 0.3) is 0 Å². The number of hydrogen-bond acceptors (Lipinski definition) is 6. The van der Waals surface area contributed by atoms with Crippen molar-refractivity contribution in [3.8, 4) is 0 Å². The molecule has 0 spiro atoms. The Morgan fingerprint density at radius 3 is 1.32 bits per heavy atom. The molecule has 2 aromatic rings. The third kappa shape index (κ3) is 5.66. The smallest absolute Gasteiger partial charge is 0.377 e. The molecule has 0 N–H and O–H groups in total. The third-order valence-corrected chi connectivity index (χ3v) is 11.9. The van der Waals surface area contributed by atoms with Crippen LogP contribution in [-0.2, 0) is 17.8 Å². The van der Waals surface area contributed by atoms with Crippen molar-refractivity contribution in [1.82, 2.24) is 0 Å². The van der Waals surface area contributed by atoms with E-state index in [1.165, 1.54) is 21.3 Å². The molecule has 0 amide bonds. The number of carbonyl (C=O) groups is 2. The van der Waals surface area contributed by atoms with Crippen LogP contribution in [-0.4, -0.2) is 47.3 Å². The minimum Gasteiger partial charge on any atom is -0.377 e. The molecule has 0 fully saturated rings. The van der Waals surface area contributed by atoms with Gasteiger partial charge in [0, 0.05) is 44.7 Å². The fraction of sp³-hybridized carbons (Fsp3) is 0.462. The van der Waals surface area contributed by atoms with E-state index in [2.05, 4.69) is 0 Å². The van der Waals surface area contributed by atoms with E-state index in [1.807, 2.05) is 65.8 Å². The fourth-order valence-corrected chi connectivity index (χ4v) is 9.41. The standard InChI is InChI=1S/C26H37O6PSi/c1-17-13-19(3)23(20(4)14-17)25(27)33(29,11-10-12-34(30-7,31-8)32-9)26(28)24-21(5)15-18(2)16-22(24)6/h13-16H,10-12H2,1-9H3. The maximum Gasteiger partial charge on any atom is 0.500 e. The van der Waals surface area contributed by atoms with E-state index in [9.17, 15) is 14.2 Å². The molecule has 0 aliphatic heterocycles. The van der Waals surface area contributed by atoms with Crippen molar-refractivity contribution < 1.29 is 27.4 Å². The summed E-state index contributed by atoms with van der Waals surface area (Å²) in [6.07, 6.45) is 0.222. The maximum absolute atomic E-state index is 14.5. The Morgan fingerprint density at radius 1 is 0.706 bits per heavy atom. The summed E-state index contributed by atoms with van der Waals surface area (Å²) >= 11 is 0. The van der Waals surface area contributed by atoms with Crippen LogP contribution in [0.4, 0.5) is 0 Å². The first-order chi connectivity index (χ1) is 15.9. The molecule has 2 aromatic carbocycles. The normalized spacial score (nSPS) is 12.1. The van der Waals surface area contributed by atoms with E-state index in [4.69, 9.17) is 13.3 Å². The first-order valence-corrected chi connectivity index (χ1v) is 15.2. The number of hydrogen-bond donors (Lipinski definition) is 0. The lowest BCUT2D eigenvalue weighted by molar-refractivity contribution is 0.103. The molecule has 0 aromatic heterocycles. The first-order valence-electron chi connectivity index (χ1n) is 11.4. The van der Waals surface area contributed by atoms with Crippen molar-refractivity contribution in [2.24, 2.45) is 0 Å². The molecule has 0 saturated carbocycles. The number of carbonyl (C=O) groups excluding carboxylic acids is 2. The zero-order valence-electron chi connectivity index (χ0n) is 21.8. The largest absolute Gasteiger partial charge is 0.500 e. The second-order valence-corrected chi connectivity index (χ2v) is 14.8. The monoisotopic (exact) mass is 504 g/mol. The summed E-state index contributed by atoms with van der Waals surface area (Å²) in [5.41, 5.74) is 4.51. The molecule has 0 aliphatic rings. The molecular weight excluding hydrogens is 467 g/mol. The lowest BCUT2D eigenvalue weighted by Crippen LogP contribution is -2.42. The highest BCUT2D eigenvalue weighted by Gasteiger charge is 2.44. The molecule has 0 radical (unpaired) electrons. The van der Waals surface area contributed by atoms with Crippen molar-refractivity contribution in [3.63, 3.8) is 0 Å². The van der Waals surface area contributed by atoms with Gasteiger partial charge in [0.1, 0.15) is 0 Å². The van der Waals surface area contributed by atoms with E-state index >= 15 is 0 Å². The van der Waals surface area contributed by atoms with Gasteiger partial charge < -0.3 is 17.8 Å². The van der Waals surface area contributed by atoms with Crippen molar-refractivity contribution in [1.29, 1.82) is 0 Å². The highest BCUT2D eigenvalue weighted by molar-refractivity contribution is 7.95. The van der Waals surface area contributed by atoms with Gasteiger partial charge in [0.25, 0.3) is 0 Å². The summed E-state index contributed by atoms with van der Waals surface area (Å²) in [5.74, 6) is 0. The Bertz CT molecular complexity index is 1010. The molecule has 34 heavy (non-hydrogen) atoms. The van der Waals surface area contributed by atoms with Gasteiger partial charge in [-0.1, -0.05) is 35.4 Å². The van der Waals surface area contributed by atoms with Gasteiger partial charge in [0.2, 0.25) is 18.2 Å². The summed E-state index contributed by atoms with van der Waals surface area (Å²) < 4.78 is 31.0. The van der Waals surface area contributed by atoms with E-state index in [0.29, 0.717) is 23.6 Å². The zero-order valence-corrected chi connectivity index (χ0v) is 23.7.